The summed E-state index contributed by atoms with van der Waals surface area (Å²) in [6, 6.07) is 7.00. The van der Waals surface area contributed by atoms with Gasteiger partial charge < -0.3 is 25.3 Å². The van der Waals surface area contributed by atoms with Gasteiger partial charge in [-0.1, -0.05) is 6.07 Å². The van der Waals surface area contributed by atoms with Crippen LogP contribution in [0.3, 0.4) is 0 Å². The van der Waals surface area contributed by atoms with Gasteiger partial charge in [0.15, 0.2) is 11.6 Å². The highest BCUT2D eigenvalue weighted by Crippen LogP contribution is 2.21. The van der Waals surface area contributed by atoms with Crippen molar-refractivity contribution in [1.82, 2.24) is 9.88 Å². The molecular weight excluding hydrogens is 474 g/mol. The van der Waals surface area contributed by atoms with E-state index in [1.165, 1.54) is 24.4 Å². The van der Waals surface area contributed by atoms with E-state index < -0.39 is 23.6 Å². The van der Waals surface area contributed by atoms with E-state index in [0.29, 0.717) is 18.7 Å². The summed E-state index contributed by atoms with van der Waals surface area (Å²) in [4.78, 5) is 28.9. The molecule has 11 heteroatoms. The normalized spacial score (nSPS) is 19.8. The number of nitrogens with one attached hydrogen (secondary N) is 1. The summed E-state index contributed by atoms with van der Waals surface area (Å²) in [6.45, 7) is 6.59. The molecule has 3 N–H and O–H groups in total. The van der Waals surface area contributed by atoms with Crippen LogP contribution in [0.25, 0.3) is 0 Å². The number of rotatable bonds is 8. The van der Waals surface area contributed by atoms with Gasteiger partial charge in [0.05, 0.1) is 25.9 Å². The fraction of sp³-hybridized carbons (Fsp3) is 0.480. The second-order valence-electron chi connectivity index (χ2n) is 8.50. The Morgan fingerprint density at radius 2 is 2.00 bits per heavy atom. The van der Waals surface area contributed by atoms with E-state index in [0.717, 1.165) is 51.8 Å². The van der Waals surface area contributed by atoms with E-state index in [-0.39, 0.29) is 23.5 Å². The van der Waals surface area contributed by atoms with Crippen LogP contribution in [0.1, 0.15) is 36.7 Å². The number of nitrogens with zero attached hydrogens (tertiary/aromatic N) is 2. The molecule has 196 valence electrons. The van der Waals surface area contributed by atoms with Crippen LogP contribution in [0.5, 0.6) is 5.75 Å². The van der Waals surface area contributed by atoms with Crippen LogP contribution < -0.4 is 15.8 Å². The average molecular weight is 507 g/mol. The van der Waals surface area contributed by atoms with Crippen LogP contribution >= 0.6 is 0 Å². The third-order valence-electron chi connectivity index (χ3n) is 5.70. The Morgan fingerprint density at radius 3 is 2.69 bits per heavy atom. The van der Waals surface area contributed by atoms with Crippen LogP contribution in [0, 0.1) is 11.6 Å². The predicted molar refractivity (Wildman–Crippen MR) is 129 cm³/mol. The van der Waals surface area contributed by atoms with Gasteiger partial charge in [0.1, 0.15) is 11.8 Å². The molecule has 0 bridgehead atoms. The number of halogens is 2. The van der Waals surface area contributed by atoms with Crippen molar-refractivity contribution in [2.45, 2.75) is 38.4 Å². The zero-order chi connectivity index (χ0) is 25.9. The molecule has 2 aromatic rings. The van der Waals surface area contributed by atoms with E-state index in [2.05, 4.69) is 15.2 Å². The molecule has 2 unspecified atom stereocenters. The number of anilines is 1. The number of aromatic nitrogens is 1. The zero-order valence-electron chi connectivity index (χ0n) is 20.3. The molecule has 9 nitrogen and oxygen atoms in total. The van der Waals surface area contributed by atoms with Gasteiger partial charge in [0.25, 0.3) is 11.8 Å². The SMILES string of the molecule is CC1CCC(C(=O)Nc2ccnc(C(N)=O)c2)O1.Fc1cccc(OCCCN2CCOCC2)c1F. The van der Waals surface area contributed by atoms with Crippen molar-refractivity contribution >= 4 is 17.5 Å². The molecule has 0 saturated carbocycles. The molecule has 0 radical (unpaired) electrons. The van der Waals surface area contributed by atoms with Gasteiger partial charge in [0, 0.05) is 31.5 Å². The van der Waals surface area contributed by atoms with Gasteiger partial charge in [-0.25, -0.2) is 4.39 Å². The Bertz CT molecular complexity index is 1020. The number of morpholine rings is 1. The van der Waals surface area contributed by atoms with E-state index >= 15 is 0 Å². The Morgan fingerprint density at radius 1 is 1.22 bits per heavy atom. The van der Waals surface area contributed by atoms with Gasteiger partial charge in [-0.3, -0.25) is 19.5 Å². The lowest BCUT2D eigenvalue weighted by molar-refractivity contribution is -0.126. The fourth-order valence-corrected chi connectivity index (χ4v) is 3.75. The van der Waals surface area contributed by atoms with Gasteiger partial charge in [-0.2, -0.15) is 4.39 Å². The number of pyridine rings is 1. The maximum absolute atomic E-state index is 13.3. The number of nitrogens with two attached hydrogens (primary N) is 1. The molecular formula is C25H32F2N4O5. The standard InChI is InChI=1S/C13H17F2NO2.C12H15N3O3/c14-11-3-1-4-12(13(11)15)18-8-2-5-16-6-9-17-10-7-16;1-7-2-3-10(18-7)12(17)15-8-4-5-14-9(6-8)11(13)16/h1,3-4H,2,5-10H2;4-7,10H,2-3H2,1H3,(H2,13,16)(H,14,15,17). The molecule has 2 fully saturated rings. The van der Waals surface area contributed by atoms with Crippen molar-refractivity contribution in [1.29, 1.82) is 0 Å². The summed E-state index contributed by atoms with van der Waals surface area (Å²) in [5, 5.41) is 2.69. The number of benzene rings is 1. The lowest BCUT2D eigenvalue weighted by Gasteiger charge is -2.26. The molecule has 0 spiro atoms. The minimum Gasteiger partial charge on any atom is -0.490 e. The summed E-state index contributed by atoms with van der Waals surface area (Å²) >= 11 is 0. The van der Waals surface area contributed by atoms with Crippen LogP contribution in [0.2, 0.25) is 0 Å². The number of hydrogen-bond acceptors (Lipinski definition) is 7. The molecule has 2 aliphatic heterocycles. The number of amides is 2. The van der Waals surface area contributed by atoms with Crippen LogP contribution in [-0.4, -0.2) is 73.4 Å². The fourth-order valence-electron chi connectivity index (χ4n) is 3.75. The highest BCUT2D eigenvalue weighted by Gasteiger charge is 2.28. The van der Waals surface area contributed by atoms with Crippen molar-refractivity contribution in [3.63, 3.8) is 0 Å². The largest absolute Gasteiger partial charge is 0.490 e. The van der Waals surface area contributed by atoms with Crippen molar-refractivity contribution in [2.24, 2.45) is 5.73 Å². The molecule has 4 rings (SSSR count). The first-order valence-corrected chi connectivity index (χ1v) is 11.9. The van der Waals surface area contributed by atoms with E-state index in [1.54, 1.807) is 6.07 Å². The molecule has 2 atom stereocenters. The van der Waals surface area contributed by atoms with E-state index in [4.69, 9.17) is 19.9 Å². The Kier molecular flexibility index (Phi) is 10.5. The molecule has 1 aromatic heterocycles. The van der Waals surface area contributed by atoms with Gasteiger partial charge in [0.2, 0.25) is 5.82 Å². The summed E-state index contributed by atoms with van der Waals surface area (Å²) in [5.41, 5.74) is 5.73. The summed E-state index contributed by atoms with van der Waals surface area (Å²) in [6.07, 6.45) is 3.48. The second-order valence-corrected chi connectivity index (χ2v) is 8.50. The first-order valence-electron chi connectivity index (χ1n) is 11.9. The van der Waals surface area contributed by atoms with Gasteiger partial charge in [-0.05, 0) is 50.5 Å². The molecule has 36 heavy (non-hydrogen) atoms. The van der Waals surface area contributed by atoms with Crippen molar-refractivity contribution in [3.05, 3.63) is 53.9 Å². The first-order chi connectivity index (χ1) is 17.3. The van der Waals surface area contributed by atoms with E-state index in [1.807, 2.05) is 6.92 Å². The monoisotopic (exact) mass is 506 g/mol. The lowest BCUT2D eigenvalue weighted by atomic mass is 10.2. The maximum atomic E-state index is 13.3. The Balaban J connectivity index is 0.000000201. The van der Waals surface area contributed by atoms with E-state index in [9.17, 15) is 18.4 Å². The smallest absolute Gasteiger partial charge is 0.267 e. The highest BCUT2D eigenvalue weighted by molar-refractivity contribution is 5.96. The number of carbonyl (C=O) groups excluding carboxylic acids is 2. The lowest BCUT2D eigenvalue weighted by Crippen LogP contribution is -2.37. The molecule has 2 saturated heterocycles. The number of hydrogen-bond donors (Lipinski definition) is 2. The van der Waals surface area contributed by atoms with Crippen molar-refractivity contribution in [3.8, 4) is 5.75 Å². The third-order valence-corrected chi connectivity index (χ3v) is 5.70. The van der Waals surface area contributed by atoms with Crippen molar-refractivity contribution in [2.75, 3.05) is 44.8 Å². The topological polar surface area (TPSA) is 116 Å². The van der Waals surface area contributed by atoms with Crippen LogP contribution in [-0.2, 0) is 14.3 Å². The summed E-state index contributed by atoms with van der Waals surface area (Å²) in [5.74, 6) is -2.64. The van der Waals surface area contributed by atoms with Gasteiger partial charge >= 0.3 is 0 Å². The average Bonchev–Trinajstić information content (AvgIpc) is 3.32. The Hall–Kier alpha value is -3.15. The molecule has 0 aliphatic carbocycles. The zero-order valence-corrected chi connectivity index (χ0v) is 20.3. The molecule has 3 heterocycles. The van der Waals surface area contributed by atoms with Gasteiger partial charge in [-0.15, -0.1) is 0 Å². The maximum Gasteiger partial charge on any atom is 0.267 e. The number of carbonyl (C=O) groups is 2. The quantitative estimate of drug-likeness (QED) is 0.529. The minimum absolute atomic E-state index is 0.0167. The number of ether oxygens (including phenoxy) is 3. The summed E-state index contributed by atoms with van der Waals surface area (Å²) < 4.78 is 42.1. The highest BCUT2D eigenvalue weighted by atomic mass is 19.2. The molecule has 2 amide bonds. The van der Waals surface area contributed by atoms with Crippen LogP contribution in [0.15, 0.2) is 36.5 Å². The third kappa shape index (κ3) is 8.51. The minimum atomic E-state index is -0.913. The second kappa shape index (κ2) is 13.8. The first kappa shape index (κ1) is 27.4. The molecule has 2 aliphatic rings. The Labute approximate surface area is 208 Å². The predicted octanol–water partition coefficient (Wildman–Crippen LogP) is 2.75. The summed E-state index contributed by atoms with van der Waals surface area (Å²) in [7, 11) is 0. The van der Waals surface area contributed by atoms with Crippen molar-refractivity contribution < 1.29 is 32.6 Å². The number of primary amides is 1. The molecule has 1 aromatic carbocycles. The van der Waals surface area contributed by atoms with Crippen LogP contribution in [0.4, 0.5) is 14.5 Å².